The Hall–Kier alpha value is -1.88. The number of para-hydroxylation sites is 1. The van der Waals surface area contributed by atoms with Crippen molar-refractivity contribution in [2.45, 2.75) is 38.6 Å². The number of nitrogens with one attached hydrogen (secondary N) is 1. The molecule has 1 aromatic carbocycles. The van der Waals surface area contributed by atoms with Crippen molar-refractivity contribution >= 4 is 17.6 Å². The van der Waals surface area contributed by atoms with Crippen LogP contribution in [0.5, 0.6) is 0 Å². The van der Waals surface area contributed by atoms with Crippen LogP contribution in [0.4, 0.5) is 5.69 Å². The van der Waals surface area contributed by atoms with E-state index in [9.17, 15) is 14.7 Å². The number of carbonyl (C=O) groups excluding carboxylic acids is 1. The van der Waals surface area contributed by atoms with Gasteiger partial charge in [0, 0.05) is 30.7 Å². The highest BCUT2D eigenvalue weighted by Crippen LogP contribution is 2.36. The fourth-order valence-electron chi connectivity index (χ4n) is 2.53. The van der Waals surface area contributed by atoms with Gasteiger partial charge in [0.15, 0.2) is 0 Å². The third-order valence-corrected chi connectivity index (χ3v) is 3.56. The number of anilines is 1. The van der Waals surface area contributed by atoms with Crippen molar-refractivity contribution in [2.24, 2.45) is 0 Å². The fourth-order valence-corrected chi connectivity index (χ4v) is 2.53. The molecule has 114 valence electrons. The molecule has 1 heterocycles. The van der Waals surface area contributed by atoms with E-state index < -0.39 is 11.9 Å². The summed E-state index contributed by atoms with van der Waals surface area (Å²) in [7, 11) is 0. The molecule has 1 aliphatic heterocycles. The molecule has 0 saturated carbocycles. The maximum Gasteiger partial charge on any atom is 0.312 e. The minimum Gasteiger partial charge on any atom is -0.481 e. The molecule has 0 aromatic heterocycles. The Morgan fingerprint density at radius 2 is 2.00 bits per heavy atom. The van der Waals surface area contributed by atoms with Gasteiger partial charge in [-0.1, -0.05) is 18.2 Å². The lowest BCUT2D eigenvalue weighted by atomic mass is 10.0. The number of benzene rings is 1. The van der Waals surface area contributed by atoms with Crippen molar-refractivity contribution in [1.82, 2.24) is 5.32 Å². The second-order valence-corrected chi connectivity index (χ2v) is 6.38. The lowest BCUT2D eigenvalue weighted by Gasteiger charge is -2.22. The topological polar surface area (TPSA) is 69.6 Å². The van der Waals surface area contributed by atoms with Crippen molar-refractivity contribution in [3.63, 3.8) is 0 Å². The van der Waals surface area contributed by atoms with Gasteiger partial charge >= 0.3 is 5.97 Å². The standard InChI is InChI=1S/C16H22N2O3/c1-16(2,3)17-9-8-14(19)18-10-12(15(20)21)11-6-4-5-7-13(11)18/h4-7,12,17H,8-10H2,1-3H3,(H,20,21). The highest BCUT2D eigenvalue weighted by Gasteiger charge is 2.35. The van der Waals surface area contributed by atoms with Gasteiger partial charge in [0.1, 0.15) is 5.92 Å². The van der Waals surface area contributed by atoms with Crippen LogP contribution in [0.15, 0.2) is 24.3 Å². The van der Waals surface area contributed by atoms with Crippen LogP contribution in [0.25, 0.3) is 0 Å². The molecule has 5 nitrogen and oxygen atoms in total. The van der Waals surface area contributed by atoms with Crippen molar-refractivity contribution in [3.05, 3.63) is 29.8 Å². The molecule has 0 bridgehead atoms. The van der Waals surface area contributed by atoms with Crippen LogP contribution in [0.2, 0.25) is 0 Å². The number of carboxylic acid groups (broad SMARTS) is 1. The van der Waals surface area contributed by atoms with Gasteiger partial charge in [-0.15, -0.1) is 0 Å². The smallest absolute Gasteiger partial charge is 0.312 e. The fraction of sp³-hybridized carbons (Fsp3) is 0.500. The van der Waals surface area contributed by atoms with Crippen LogP contribution in [0.1, 0.15) is 38.7 Å². The largest absolute Gasteiger partial charge is 0.481 e. The molecule has 1 aliphatic rings. The predicted molar refractivity (Wildman–Crippen MR) is 81.5 cm³/mol. The number of carboxylic acids is 1. The number of nitrogens with zero attached hydrogens (tertiary/aromatic N) is 1. The zero-order valence-corrected chi connectivity index (χ0v) is 12.7. The van der Waals surface area contributed by atoms with Crippen molar-refractivity contribution in [2.75, 3.05) is 18.0 Å². The number of hydrogen-bond acceptors (Lipinski definition) is 3. The number of carbonyl (C=O) groups is 2. The molecular formula is C16H22N2O3. The van der Waals surface area contributed by atoms with E-state index in [0.29, 0.717) is 13.0 Å². The quantitative estimate of drug-likeness (QED) is 0.889. The lowest BCUT2D eigenvalue weighted by Crippen LogP contribution is -2.39. The summed E-state index contributed by atoms with van der Waals surface area (Å²) in [6.07, 6.45) is 0.359. The van der Waals surface area contributed by atoms with E-state index in [1.165, 1.54) is 0 Å². The SMILES string of the molecule is CC(C)(C)NCCC(=O)N1CC(C(=O)O)c2ccccc21. The first-order valence-electron chi connectivity index (χ1n) is 7.17. The van der Waals surface area contributed by atoms with Crippen molar-refractivity contribution < 1.29 is 14.7 Å². The van der Waals surface area contributed by atoms with Gasteiger partial charge in [0.25, 0.3) is 0 Å². The van der Waals surface area contributed by atoms with Crippen LogP contribution in [0.3, 0.4) is 0 Å². The van der Waals surface area contributed by atoms with Gasteiger partial charge in [-0.3, -0.25) is 9.59 Å². The van der Waals surface area contributed by atoms with E-state index >= 15 is 0 Å². The predicted octanol–water partition coefficient (Wildman–Crippen LogP) is 1.98. The van der Waals surface area contributed by atoms with E-state index in [0.717, 1.165) is 11.3 Å². The maximum atomic E-state index is 12.4. The molecule has 1 aromatic rings. The van der Waals surface area contributed by atoms with Gasteiger partial charge in [-0.2, -0.15) is 0 Å². The first kappa shape index (κ1) is 15.5. The number of fused-ring (bicyclic) bond motifs is 1. The Balaban J connectivity index is 2.07. The number of hydrogen-bond donors (Lipinski definition) is 2. The molecule has 0 saturated heterocycles. The second kappa shape index (κ2) is 5.85. The maximum absolute atomic E-state index is 12.4. The molecular weight excluding hydrogens is 268 g/mol. The molecule has 5 heteroatoms. The van der Waals surface area contributed by atoms with Crippen molar-refractivity contribution in [1.29, 1.82) is 0 Å². The van der Waals surface area contributed by atoms with E-state index in [-0.39, 0.29) is 18.0 Å². The first-order chi connectivity index (χ1) is 9.79. The summed E-state index contributed by atoms with van der Waals surface area (Å²) in [5, 5.41) is 12.6. The van der Waals surface area contributed by atoms with Crippen LogP contribution < -0.4 is 10.2 Å². The average Bonchev–Trinajstić information content (AvgIpc) is 2.76. The van der Waals surface area contributed by atoms with E-state index in [1.54, 1.807) is 11.0 Å². The number of amides is 1. The Bertz CT molecular complexity index is 549. The minimum absolute atomic E-state index is 0.0349. The molecule has 0 radical (unpaired) electrons. The molecule has 1 atom stereocenters. The van der Waals surface area contributed by atoms with E-state index in [1.807, 2.05) is 39.0 Å². The highest BCUT2D eigenvalue weighted by molar-refractivity contribution is 5.99. The summed E-state index contributed by atoms with van der Waals surface area (Å²) in [5.41, 5.74) is 1.42. The second-order valence-electron chi connectivity index (χ2n) is 6.38. The number of rotatable bonds is 4. The summed E-state index contributed by atoms with van der Waals surface area (Å²) >= 11 is 0. The Labute approximate surface area is 125 Å². The van der Waals surface area contributed by atoms with Crippen LogP contribution >= 0.6 is 0 Å². The van der Waals surface area contributed by atoms with Crippen LogP contribution in [0, 0.1) is 0 Å². The molecule has 0 aliphatic carbocycles. The third kappa shape index (κ3) is 3.61. The molecule has 21 heavy (non-hydrogen) atoms. The highest BCUT2D eigenvalue weighted by atomic mass is 16.4. The van der Waals surface area contributed by atoms with E-state index in [2.05, 4.69) is 5.32 Å². The lowest BCUT2D eigenvalue weighted by molar-refractivity contribution is -0.138. The molecule has 2 N–H and O–H groups in total. The monoisotopic (exact) mass is 290 g/mol. The Morgan fingerprint density at radius 1 is 1.33 bits per heavy atom. The summed E-state index contributed by atoms with van der Waals surface area (Å²) in [6.45, 7) is 6.94. The van der Waals surface area contributed by atoms with Gasteiger partial charge in [-0.25, -0.2) is 0 Å². The average molecular weight is 290 g/mol. The zero-order chi connectivity index (χ0) is 15.6. The summed E-state index contributed by atoms with van der Waals surface area (Å²) in [6, 6.07) is 7.24. The molecule has 0 fully saturated rings. The molecule has 0 spiro atoms. The van der Waals surface area contributed by atoms with Gasteiger partial charge < -0.3 is 15.3 Å². The van der Waals surface area contributed by atoms with Crippen LogP contribution in [-0.2, 0) is 9.59 Å². The molecule has 2 rings (SSSR count). The Kier molecular flexibility index (Phi) is 4.32. The summed E-state index contributed by atoms with van der Waals surface area (Å²) in [4.78, 5) is 25.3. The van der Waals surface area contributed by atoms with E-state index in [4.69, 9.17) is 0 Å². The summed E-state index contributed by atoms with van der Waals surface area (Å²) < 4.78 is 0. The van der Waals surface area contributed by atoms with Gasteiger partial charge in [-0.05, 0) is 32.4 Å². The Morgan fingerprint density at radius 3 is 2.62 bits per heavy atom. The third-order valence-electron chi connectivity index (χ3n) is 3.56. The van der Waals surface area contributed by atoms with Gasteiger partial charge in [0.05, 0.1) is 0 Å². The molecule has 1 amide bonds. The zero-order valence-electron chi connectivity index (χ0n) is 12.7. The minimum atomic E-state index is -0.884. The summed E-state index contributed by atoms with van der Waals surface area (Å²) in [5.74, 6) is -1.55. The first-order valence-corrected chi connectivity index (χ1v) is 7.17. The number of aliphatic carboxylic acids is 1. The van der Waals surface area contributed by atoms with Crippen molar-refractivity contribution in [3.8, 4) is 0 Å². The van der Waals surface area contributed by atoms with Crippen LogP contribution in [-0.4, -0.2) is 35.6 Å². The van der Waals surface area contributed by atoms with Gasteiger partial charge in [0.2, 0.25) is 5.91 Å². The molecule has 1 unspecified atom stereocenters. The normalized spacial score (nSPS) is 17.7.